The minimum absolute atomic E-state index is 0.198. The second kappa shape index (κ2) is 6.42. The van der Waals surface area contributed by atoms with Crippen LogP contribution in [0.3, 0.4) is 0 Å². The molecule has 0 radical (unpaired) electrons. The number of rotatable bonds is 6. The van der Waals surface area contributed by atoms with Gasteiger partial charge in [0.05, 0.1) is 0 Å². The molecule has 1 aromatic carbocycles. The summed E-state index contributed by atoms with van der Waals surface area (Å²) in [6.45, 7) is 2.05. The first kappa shape index (κ1) is 16.5. The van der Waals surface area contributed by atoms with E-state index < -0.39 is 10.0 Å². The highest BCUT2D eigenvalue weighted by atomic mass is 32.2. The summed E-state index contributed by atoms with van der Waals surface area (Å²) in [5, 5.41) is 3.37. The zero-order chi connectivity index (χ0) is 17.3. The van der Waals surface area contributed by atoms with Crippen molar-refractivity contribution in [1.29, 1.82) is 0 Å². The molecule has 4 rings (SSSR count). The summed E-state index contributed by atoms with van der Waals surface area (Å²) in [6, 6.07) is 14.0. The Labute approximate surface area is 149 Å². The summed E-state index contributed by atoms with van der Waals surface area (Å²) >= 11 is 0. The number of anilines is 1. The second-order valence-corrected chi connectivity index (χ2v) is 8.93. The van der Waals surface area contributed by atoms with Gasteiger partial charge in [-0.15, -0.1) is 0 Å². The van der Waals surface area contributed by atoms with Crippen molar-refractivity contribution in [2.45, 2.75) is 36.0 Å². The van der Waals surface area contributed by atoms with Crippen LogP contribution in [-0.4, -0.2) is 37.3 Å². The molecule has 0 atom stereocenters. The van der Waals surface area contributed by atoms with Gasteiger partial charge in [0.1, 0.15) is 10.7 Å². The Morgan fingerprint density at radius 2 is 1.76 bits per heavy atom. The number of hydrogen-bond acceptors (Lipinski definition) is 4. The Balaban J connectivity index is 1.43. The molecular formula is C19H23N3O2S. The van der Waals surface area contributed by atoms with Gasteiger partial charge >= 0.3 is 0 Å². The molecule has 1 aliphatic carbocycles. The largest absolute Gasteiger partial charge is 0.369 e. The van der Waals surface area contributed by atoms with Gasteiger partial charge < -0.3 is 5.32 Å². The van der Waals surface area contributed by atoms with Gasteiger partial charge in [0, 0.05) is 31.2 Å². The van der Waals surface area contributed by atoms with Crippen LogP contribution in [0, 0.1) is 0 Å². The van der Waals surface area contributed by atoms with E-state index in [2.05, 4.69) is 34.6 Å². The molecule has 2 aliphatic rings. The number of benzene rings is 1. The average molecular weight is 357 g/mol. The van der Waals surface area contributed by atoms with Gasteiger partial charge in [-0.2, -0.15) is 4.31 Å². The lowest BCUT2D eigenvalue weighted by molar-refractivity contribution is 0.477. The van der Waals surface area contributed by atoms with Crippen LogP contribution in [0.25, 0.3) is 0 Å². The van der Waals surface area contributed by atoms with E-state index >= 15 is 0 Å². The standard InChI is InChI=1S/C19H23N3O2S/c23-25(24,22-12-4-5-13-22)17-8-9-18(20-14-17)21-15-19(10-11-19)16-6-2-1-3-7-16/h1-3,6-9,14H,4-5,10-13,15H2,(H,20,21). The highest BCUT2D eigenvalue weighted by molar-refractivity contribution is 7.89. The second-order valence-electron chi connectivity index (χ2n) is 6.99. The Hall–Kier alpha value is -1.92. The van der Waals surface area contributed by atoms with Crippen LogP contribution in [0.1, 0.15) is 31.2 Å². The van der Waals surface area contributed by atoms with E-state index in [1.165, 1.54) is 24.6 Å². The van der Waals surface area contributed by atoms with Crippen LogP contribution in [0.5, 0.6) is 0 Å². The molecule has 0 spiro atoms. The van der Waals surface area contributed by atoms with Crippen molar-refractivity contribution >= 4 is 15.8 Å². The van der Waals surface area contributed by atoms with Crippen molar-refractivity contribution in [3.05, 3.63) is 54.2 Å². The van der Waals surface area contributed by atoms with Crippen molar-refractivity contribution in [2.75, 3.05) is 25.0 Å². The SMILES string of the molecule is O=S(=O)(c1ccc(NCC2(c3ccccc3)CC2)nc1)N1CCCC1. The minimum Gasteiger partial charge on any atom is -0.369 e. The van der Waals surface area contributed by atoms with E-state index in [0.717, 1.165) is 25.2 Å². The first-order valence-electron chi connectivity index (χ1n) is 8.86. The molecule has 0 amide bonds. The van der Waals surface area contributed by atoms with Crippen LogP contribution in [0.4, 0.5) is 5.82 Å². The Kier molecular flexibility index (Phi) is 4.25. The molecule has 1 saturated heterocycles. The molecule has 25 heavy (non-hydrogen) atoms. The van der Waals surface area contributed by atoms with E-state index in [9.17, 15) is 8.42 Å². The van der Waals surface area contributed by atoms with Gasteiger partial charge in [0.25, 0.3) is 0 Å². The van der Waals surface area contributed by atoms with Gasteiger partial charge in [-0.05, 0) is 43.4 Å². The molecule has 0 unspecified atom stereocenters. The molecule has 1 aromatic heterocycles. The Bertz CT molecular complexity index is 825. The van der Waals surface area contributed by atoms with Crippen molar-refractivity contribution in [3.8, 4) is 0 Å². The van der Waals surface area contributed by atoms with Crippen molar-refractivity contribution < 1.29 is 8.42 Å². The number of aromatic nitrogens is 1. The maximum absolute atomic E-state index is 12.5. The minimum atomic E-state index is -3.39. The van der Waals surface area contributed by atoms with E-state index in [4.69, 9.17) is 0 Å². The summed E-state index contributed by atoms with van der Waals surface area (Å²) in [5.41, 5.74) is 1.55. The molecule has 2 fully saturated rings. The lowest BCUT2D eigenvalue weighted by Crippen LogP contribution is -2.28. The summed E-state index contributed by atoms with van der Waals surface area (Å²) in [6.07, 6.45) is 5.69. The molecule has 1 aliphatic heterocycles. The predicted octanol–water partition coefficient (Wildman–Crippen LogP) is 3.01. The normalized spacial score (nSPS) is 19.7. The number of nitrogens with one attached hydrogen (secondary N) is 1. The van der Waals surface area contributed by atoms with E-state index in [0.29, 0.717) is 13.1 Å². The van der Waals surface area contributed by atoms with E-state index in [-0.39, 0.29) is 10.3 Å². The van der Waals surface area contributed by atoms with Crippen LogP contribution in [0.15, 0.2) is 53.6 Å². The molecule has 2 aromatic rings. The van der Waals surface area contributed by atoms with Crippen LogP contribution >= 0.6 is 0 Å². The molecule has 5 nitrogen and oxygen atoms in total. The zero-order valence-corrected chi connectivity index (χ0v) is 15.0. The lowest BCUT2D eigenvalue weighted by Gasteiger charge is -2.18. The first-order chi connectivity index (χ1) is 12.1. The Morgan fingerprint density at radius 3 is 2.36 bits per heavy atom. The summed E-state index contributed by atoms with van der Waals surface area (Å²) in [5.74, 6) is 0.725. The highest BCUT2D eigenvalue weighted by Crippen LogP contribution is 2.48. The third kappa shape index (κ3) is 3.28. The number of sulfonamides is 1. The topological polar surface area (TPSA) is 62.3 Å². The smallest absolute Gasteiger partial charge is 0.244 e. The van der Waals surface area contributed by atoms with Gasteiger partial charge in [0.15, 0.2) is 0 Å². The monoisotopic (exact) mass is 357 g/mol. The highest BCUT2D eigenvalue weighted by Gasteiger charge is 2.43. The third-order valence-corrected chi connectivity index (χ3v) is 7.17. The third-order valence-electron chi connectivity index (χ3n) is 5.29. The fourth-order valence-corrected chi connectivity index (χ4v) is 4.95. The van der Waals surface area contributed by atoms with E-state index in [1.807, 2.05) is 6.07 Å². The van der Waals surface area contributed by atoms with Crippen molar-refractivity contribution in [2.24, 2.45) is 0 Å². The van der Waals surface area contributed by atoms with E-state index in [1.54, 1.807) is 16.4 Å². The number of pyridine rings is 1. The van der Waals surface area contributed by atoms with Gasteiger partial charge in [0.2, 0.25) is 10.0 Å². The summed E-state index contributed by atoms with van der Waals surface area (Å²) in [4.78, 5) is 4.61. The molecular weight excluding hydrogens is 334 g/mol. The maximum atomic E-state index is 12.5. The molecule has 132 valence electrons. The van der Waals surface area contributed by atoms with Gasteiger partial charge in [-0.1, -0.05) is 30.3 Å². The number of nitrogens with zero attached hydrogens (tertiary/aromatic N) is 2. The van der Waals surface area contributed by atoms with Crippen molar-refractivity contribution in [1.82, 2.24) is 9.29 Å². The van der Waals surface area contributed by atoms with Crippen LogP contribution < -0.4 is 5.32 Å². The average Bonchev–Trinajstić information content (AvgIpc) is 3.23. The fraction of sp³-hybridized carbons (Fsp3) is 0.421. The molecule has 0 bridgehead atoms. The van der Waals surface area contributed by atoms with Gasteiger partial charge in [-0.3, -0.25) is 0 Å². The van der Waals surface area contributed by atoms with Crippen LogP contribution in [-0.2, 0) is 15.4 Å². The van der Waals surface area contributed by atoms with Crippen molar-refractivity contribution in [3.63, 3.8) is 0 Å². The molecule has 1 saturated carbocycles. The quantitative estimate of drug-likeness (QED) is 0.863. The van der Waals surface area contributed by atoms with Gasteiger partial charge in [-0.25, -0.2) is 13.4 Å². The Morgan fingerprint density at radius 1 is 1.04 bits per heavy atom. The fourth-order valence-electron chi connectivity index (χ4n) is 3.48. The molecule has 1 N–H and O–H groups in total. The van der Waals surface area contributed by atoms with Crippen LogP contribution in [0.2, 0.25) is 0 Å². The summed E-state index contributed by atoms with van der Waals surface area (Å²) in [7, 11) is -3.39. The summed E-state index contributed by atoms with van der Waals surface area (Å²) < 4.78 is 26.6. The number of hydrogen-bond donors (Lipinski definition) is 1. The molecule has 6 heteroatoms. The zero-order valence-electron chi connectivity index (χ0n) is 14.2. The predicted molar refractivity (Wildman–Crippen MR) is 98.1 cm³/mol. The lowest BCUT2D eigenvalue weighted by atomic mass is 9.96. The first-order valence-corrected chi connectivity index (χ1v) is 10.3. The molecule has 2 heterocycles. The maximum Gasteiger partial charge on any atom is 0.244 e.